The lowest BCUT2D eigenvalue weighted by atomic mass is 10.1. The van der Waals surface area contributed by atoms with E-state index in [1.54, 1.807) is 0 Å². The molecule has 2 heteroatoms. The van der Waals surface area contributed by atoms with Gasteiger partial charge in [-0.2, -0.15) is 0 Å². The van der Waals surface area contributed by atoms with Crippen molar-refractivity contribution < 1.29 is 0 Å². The first kappa shape index (κ1) is 11.2. The van der Waals surface area contributed by atoms with Crippen molar-refractivity contribution in [1.29, 1.82) is 0 Å². The Hall–Kier alpha value is -0.340. The van der Waals surface area contributed by atoms with Gasteiger partial charge in [-0.3, -0.25) is 4.90 Å². The van der Waals surface area contributed by atoms with Gasteiger partial charge in [0.2, 0.25) is 0 Å². The first-order valence-corrected chi connectivity index (χ1v) is 6.56. The Labute approximate surface area is 93.7 Å². The quantitative estimate of drug-likeness (QED) is 0.562. The predicted molar refractivity (Wildman–Crippen MR) is 65.1 cm³/mol. The molecule has 86 valence electrons. The minimum Gasteiger partial charge on any atom is -0.313 e. The Morgan fingerprint density at radius 1 is 1.00 bits per heavy atom. The van der Waals surface area contributed by atoms with Gasteiger partial charge < -0.3 is 5.32 Å². The molecule has 1 saturated carbocycles. The second-order valence-electron chi connectivity index (χ2n) is 4.87. The van der Waals surface area contributed by atoms with Crippen LogP contribution in [0, 0.1) is 0 Å². The van der Waals surface area contributed by atoms with E-state index in [0.717, 1.165) is 19.1 Å². The summed E-state index contributed by atoms with van der Waals surface area (Å²) in [6, 6.07) is 0.808. The summed E-state index contributed by atoms with van der Waals surface area (Å²) in [5, 5.41) is 3.72. The van der Waals surface area contributed by atoms with Crippen LogP contribution in [-0.4, -0.2) is 37.1 Å². The Kier molecular flexibility index (Phi) is 4.68. The molecule has 1 aliphatic carbocycles. The number of hydrogen-bond acceptors (Lipinski definition) is 2. The molecule has 0 spiro atoms. The van der Waals surface area contributed by atoms with Crippen molar-refractivity contribution in [2.75, 3.05) is 26.2 Å². The molecule has 0 amide bonds. The van der Waals surface area contributed by atoms with Gasteiger partial charge in [-0.25, -0.2) is 0 Å². The van der Waals surface area contributed by atoms with Crippen LogP contribution in [0.3, 0.4) is 0 Å². The van der Waals surface area contributed by atoms with Crippen LogP contribution < -0.4 is 5.32 Å². The maximum atomic E-state index is 3.72. The number of hydrogen-bond donors (Lipinski definition) is 1. The first-order chi connectivity index (χ1) is 7.45. The van der Waals surface area contributed by atoms with Gasteiger partial charge in [0.1, 0.15) is 0 Å². The molecule has 1 N–H and O–H groups in total. The average Bonchev–Trinajstić information content (AvgIpc) is 2.62. The molecule has 2 nitrogen and oxygen atoms in total. The molecular formula is C13H24N2. The maximum absolute atomic E-state index is 3.72. The van der Waals surface area contributed by atoms with Crippen molar-refractivity contribution in [2.45, 2.75) is 44.6 Å². The fourth-order valence-corrected chi connectivity index (χ4v) is 2.61. The lowest BCUT2D eigenvalue weighted by molar-refractivity contribution is 0.332. The minimum atomic E-state index is 0.808. The Balaban J connectivity index is 1.55. The second kappa shape index (κ2) is 6.29. The van der Waals surface area contributed by atoms with Gasteiger partial charge in [0.15, 0.2) is 0 Å². The molecule has 1 heterocycles. The molecule has 0 unspecified atom stereocenters. The lowest BCUT2D eigenvalue weighted by Crippen LogP contribution is -2.36. The highest BCUT2D eigenvalue weighted by atomic mass is 15.1. The largest absolute Gasteiger partial charge is 0.313 e. The monoisotopic (exact) mass is 208 g/mol. The van der Waals surface area contributed by atoms with E-state index in [1.165, 1.54) is 51.6 Å². The van der Waals surface area contributed by atoms with Crippen LogP contribution in [0.4, 0.5) is 0 Å². The van der Waals surface area contributed by atoms with Crippen LogP contribution in [-0.2, 0) is 0 Å². The molecule has 0 atom stereocenters. The summed E-state index contributed by atoms with van der Waals surface area (Å²) in [4.78, 5) is 2.49. The third-order valence-electron chi connectivity index (χ3n) is 3.61. The fraction of sp³-hybridized carbons (Fsp3) is 0.846. The highest BCUT2D eigenvalue weighted by Gasteiger charge is 2.12. The molecule has 1 fully saturated rings. The van der Waals surface area contributed by atoms with Gasteiger partial charge in [-0.05, 0) is 12.8 Å². The van der Waals surface area contributed by atoms with E-state index >= 15 is 0 Å². The van der Waals surface area contributed by atoms with Crippen molar-refractivity contribution in [3.8, 4) is 0 Å². The number of nitrogens with one attached hydrogen (secondary N) is 1. The normalized spacial score (nSPS) is 24.5. The van der Waals surface area contributed by atoms with Crippen LogP contribution in [0.1, 0.15) is 38.5 Å². The molecule has 0 aromatic carbocycles. The van der Waals surface area contributed by atoms with Gasteiger partial charge in [0, 0.05) is 32.2 Å². The minimum absolute atomic E-state index is 0.808. The first-order valence-electron chi connectivity index (χ1n) is 6.56. The van der Waals surface area contributed by atoms with E-state index in [9.17, 15) is 0 Å². The van der Waals surface area contributed by atoms with Crippen molar-refractivity contribution in [1.82, 2.24) is 10.2 Å². The topological polar surface area (TPSA) is 15.3 Å². The average molecular weight is 208 g/mol. The van der Waals surface area contributed by atoms with Gasteiger partial charge in [0.25, 0.3) is 0 Å². The van der Waals surface area contributed by atoms with Gasteiger partial charge in [-0.15, -0.1) is 0 Å². The van der Waals surface area contributed by atoms with E-state index in [2.05, 4.69) is 22.4 Å². The molecule has 0 aromatic heterocycles. The van der Waals surface area contributed by atoms with E-state index < -0.39 is 0 Å². The van der Waals surface area contributed by atoms with Crippen LogP contribution in [0.2, 0.25) is 0 Å². The van der Waals surface area contributed by atoms with Gasteiger partial charge in [0.05, 0.1) is 0 Å². The zero-order valence-electron chi connectivity index (χ0n) is 9.75. The molecular weight excluding hydrogens is 184 g/mol. The molecule has 0 radical (unpaired) electrons. The highest BCUT2D eigenvalue weighted by molar-refractivity contribution is 4.95. The zero-order chi connectivity index (χ0) is 10.3. The summed E-state index contributed by atoms with van der Waals surface area (Å²) in [5.74, 6) is 0. The summed E-state index contributed by atoms with van der Waals surface area (Å²) < 4.78 is 0. The highest BCUT2D eigenvalue weighted by Crippen LogP contribution is 2.16. The third-order valence-corrected chi connectivity index (χ3v) is 3.61. The maximum Gasteiger partial charge on any atom is 0.0167 e. The van der Waals surface area contributed by atoms with E-state index in [-0.39, 0.29) is 0 Å². The molecule has 1 aliphatic heterocycles. The van der Waals surface area contributed by atoms with Crippen LogP contribution in [0.15, 0.2) is 12.2 Å². The second-order valence-corrected chi connectivity index (χ2v) is 4.87. The van der Waals surface area contributed by atoms with E-state index in [1.807, 2.05) is 0 Å². The summed E-state index contributed by atoms with van der Waals surface area (Å²) >= 11 is 0. The summed E-state index contributed by atoms with van der Waals surface area (Å²) in [6.07, 6.45) is 13.1. The summed E-state index contributed by atoms with van der Waals surface area (Å²) in [6.45, 7) is 4.70. The Morgan fingerprint density at radius 2 is 1.67 bits per heavy atom. The molecule has 0 saturated heterocycles. The smallest absolute Gasteiger partial charge is 0.0167 e. The predicted octanol–water partition coefficient (Wildman–Crippen LogP) is 2.17. The van der Waals surface area contributed by atoms with Crippen molar-refractivity contribution in [3.63, 3.8) is 0 Å². The van der Waals surface area contributed by atoms with Crippen LogP contribution in [0.25, 0.3) is 0 Å². The Bertz CT molecular complexity index is 185. The van der Waals surface area contributed by atoms with Gasteiger partial charge in [-0.1, -0.05) is 37.8 Å². The molecule has 0 bridgehead atoms. The molecule has 0 aromatic rings. The lowest BCUT2D eigenvalue weighted by Gasteiger charge is -2.19. The van der Waals surface area contributed by atoms with E-state index in [0.29, 0.717) is 0 Å². The molecule has 15 heavy (non-hydrogen) atoms. The third kappa shape index (κ3) is 3.96. The molecule has 2 rings (SSSR count). The number of nitrogens with zero attached hydrogens (tertiary/aromatic N) is 1. The molecule has 2 aliphatic rings. The van der Waals surface area contributed by atoms with E-state index in [4.69, 9.17) is 0 Å². The van der Waals surface area contributed by atoms with Gasteiger partial charge >= 0.3 is 0 Å². The number of rotatable bonds is 4. The summed E-state index contributed by atoms with van der Waals surface area (Å²) in [5.41, 5.74) is 0. The van der Waals surface area contributed by atoms with Crippen molar-refractivity contribution >= 4 is 0 Å². The fourth-order valence-electron chi connectivity index (χ4n) is 2.61. The zero-order valence-corrected chi connectivity index (χ0v) is 9.75. The van der Waals surface area contributed by atoms with Crippen molar-refractivity contribution in [2.24, 2.45) is 0 Å². The SMILES string of the molecule is C1=CCN(CCNC2CCCCCC2)C1. The van der Waals surface area contributed by atoms with Crippen LogP contribution in [0.5, 0.6) is 0 Å². The summed E-state index contributed by atoms with van der Waals surface area (Å²) in [7, 11) is 0. The van der Waals surface area contributed by atoms with Crippen molar-refractivity contribution in [3.05, 3.63) is 12.2 Å². The van der Waals surface area contributed by atoms with Crippen LogP contribution >= 0.6 is 0 Å². The standard InChI is InChI=1S/C13H24N2/c1-2-4-8-13(7-3-1)14-9-12-15-10-5-6-11-15/h5-6,13-14H,1-4,7-12H2. The Morgan fingerprint density at radius 3 is 2.33 bits per heavy atom.